The summed E-state index contributed by atoms with van der Waals surface area (Å²) in [6.45, 7) is 0.742. The lowest BCUT2D eigenvalue weighted by molar-refractivity contribution is -0.173. The molecule has 0 saturated carbocycles. The van der Waals surface area contributed by atoms with Crippen molar-refractivity contribution in [2.75, 3.05) is 19.8 Å². The number of halogens is 3. The minimum absolute atomic E-state index is 0.0104. The van der Waals surface area contributed by atoms with Crippen LogP contribution in [0.4, 0.5) is 13.2 Å². The maximum atomic E-state index is 11.9. The van der Waals surface area contributed by atoms with Gasteiger partial charge in [0.05, 0.1) is 6.61 Å². The summed E-state index contributed by atoms with van der Waals surface area (Å²) in [6.07, 6.45) is -4.25. The molecular weight excluding hydrogens is 369 g/mol. The van der Waals surface area contributed by atoms with E-state index in [2.05, 4.69) is 20.3 Å². The van der Waals surface area contributed by atoms with Crippen LogP contribution in [0.25, 0.3) is 11.4 Å². The standard InChI is InChI=1S/C16H19F3N4O2S/c1-11-3-2-4-12(9-11)14-21-22-15(26)23(14)7-5-13(24)20-6-8-25-10-16(17,18)19/h2-4,9H,5-8,10H2,1H3,(H,20,24)(H,22,26). The van der Waals surface area contributed by atoms with Gasteiger partial charge in [-0.15, -0.1) is 0 Å². The third-order valence-corrected chi connectivity index (χ3v) is 3.74. The molecule has 2 N–H and O–H groups in total. The van der Waals surface area contributed by atoms with Gasteiger partial charge < -0.3 is 10.1 Å². The van der Waals surface area contributed by atoms with Gasteiger partial charge >= 0.3 is 6.18 Å². The quantitative estimate of drug-likeness (QED) is 0.539. The highest BCUT2D eigenvalue weighted by Gasteiger charge is 2.27. The third kappa shape index (κ3) is 6.26. The van der Waals surface area contributed by atoms with Crippen molar-refractivity contribution in [1.82, 2.24) is 20.1 Å². The lowest BCUT2D eigenvalue weighted by Gasteiger charge is -2.10. The number of aromatic amines is 1. The lowest BCUT2D eigenvalue weighted by Crippen LogP contribution is -2.29. The van der Waals surface area contributed by atoms with Crippen LogP contribution >= 0.6 is 12.2 Å². The van der Waals surface area contributed by atoms with Crippen LogP contribution in [-0.2, 0) is 16.1 Å². The van der Waals surface area contributed by atoms with Crippen LogP contribution in [0.3, 0.4) is 0 Å². The molecule has 0 saturated heterocycles. The van der Waals surface area contributed by atoms with Crippen molar-refractivity contribution < 1.29 is 22.7 Å². The molecular formula is C16H19F3N4O2S. The smallest absolute Gasteiger partial charge is 0.370 e. The number of amides is 1. The van der Waals surface area contributed by atoms with Crippen LogP contribution in [-0.4, -0.2) is 46.6 Å². The average Bonchev–Trinajstić information content (AvgIpc) is 2.92. The molecule has 1 amide bonds. The molecule has 1 aromatic carbocycles. The molecule has 0 radical (unpaired) electrons. The lowest BCUT2D eigenvalue weighted by atomic mass is 10.1. The molecule has 0 fully saturated rings. The van der Waals surface area contributed by atoms with Gasteiger partial charge in [-0.2, -0.15) is 18.3 Å². The van der Waals surface area contributed by atoms with E-state index in [1.165, 1.54) is 0 Å². The summed E-state index contributed by atoms with van der Waals surface area (Å²) in [4.78, 5) is 11.8. The van der Waals surface area contributed by atoms with E-state index in [4.69, 9.17) is 12.2 Å². The van der Waals surface area contributed by atoms with Crippen LogP contribution in [0.2, 0.25) is 0 Å². The number of benzene rings is 1. The Morgan fingerprint density at radius 3 is 2.88 bits per heavy atom. The number of rotatable bonds is 8. The number of carbonyl (C=O) groups excluding carboxylic acids is 1. The summed E-state index contributed by atoms with van der Waals surface area (Å²) in [5, 5.41) is 9.42. The summed E-state index contributed by atoms with van der Waals surface area (Å²) in [7, 11) is 0. The number of carbonyl (C=O) groups is 1. The van der Waals surface area contributed by atoms with E-state index < -0.39 is 12.8 Å². The number of aryl methyl sites for hydroxylation is 1. The Labute approximate surface area is 153 Å². The molecule has 142 valence electrons. The van der Waals surface area contributed by atoms with E-state index in [1.807, 2.05) is 31.2 Å². The van der Waals surface area contributed by atoms with Gasteiger partial charge in [0.2, 0.25) is 5.91 Å². The normalized spacial score (nSPS) is 11.5. The molecule has 26 heavy (non-hydrogen) atoms. The second-order valence-electron chi connectivity index (χ2n) is 5.64. The van der Waals surface area contributed by atoms with Gasteiger partial charge in [-0.25, -0.2) is 0 Å². The van der Waals surface area contributed by atoms with Crippen molar-refractivity contribution in [3.8, 4) is 11.4 Å². The first-order chi connectivity index (χ1) is 12.3. The number of nitrogens with one attached hydrogen (secondary N) is 2. The number of hydrogen-bond donors (Lipinski definition) is 2. The summed E-state index contributed by atoms with van der Waals surface area (Å²) >= 11 is 5.20. The molecule has 0 aliphatic heterocycles. The number of nitrogens with zero attached hydrogens (tertiary/aromatic N) is 2. The molecule has 1 aromatic heterocycles. The molecule has 0 atom stereocenters. The Hall–Kier alpha value is -2.20. The molecule has 1 heterocycles. The van der Waals surface area contributed by atoms with Gasteiger partial charge in [0, 0.05) is 25.1 Å². The molecule has 0 unspecified atom stereocenters. The maximum Gasteiger partial charge on any atom is 0.411 e. The second kappa shape index (κ2) is 8.95. The molecule has 2 aromatic rings. The summed E-state index contributed by atoms with van der Waals surface area (Å²) in [6, 6.07) is 7.72. The fraction of sp³-hybridized carbons (Fsp3) is 0.438. The number of ether oxygens (including phenoxy) is 1. The molecule has 2 rings (SSSR count). The number of aromatic nitrogens is 3. The van der Waals surface area contributed by atoms with E-state index in [9.17, 15) is 18.0 Å². The van der Waals surface area contributed by atoms with Crippen LogP contribution in [0, 0.1) is 11.7 Å². The Balaban J connectivity index is 1.85. The molecule has 0 aliphatic rings. The van der Waals surface area contributed by atoms with E-state index >= 15 is 0 Å². The Kier molecular flexibility index (Phi) is 6.92. The van der Waals surface area contributed by atoms with Crippen LogP contribution in [0.5, 0.6) is 0 Å². The number of hydrogen-bond acceptors (Lipinski definition) is 4. The molecule has 10 heteroatoms. The van der Waals surface area contributed by atoms with Crippen molar-refractivity contribution in [3.63, 3.8) is 0 Å². The zero-order chi connectivity index (χ0) is 19.2. The summed E-state index contributed by atoms with van der Waals surface area (Å²) in [5.41, 5.74) is 1.94. The molecule has 0 spiro atoms. The maximum absolute atomic E-state index is 11.9. The molecule has 0 aliphatic carbocycles. The van der Waals surface area contributed by atoms with Gasteiger partial charge in [-0.3, -0.25) is 14.5 Å². The van der Waals surface area contributed by atoms with E-state index in [1.54, 1.807) is 4.57 Å². The van der Waals surface area contributed by atoms with E-state index in [0.29, 0.717) is 17.1 Å². The second-order valence-corrected chi connectivity index (χ2v) is 6.03. The fourth-order valence-corrected chi connectivity index (χ4v) is 2.51. The third-order valence-electron chi connectivity index (χ3n) is 3.43. The minimum atomic E-state index is -4.37. The highest BCUT2D eigenvalue weighted by molar-refractivity contribution is 7.71. The first-order valence-electron chi connectivity index (χ1n) is 7.90. The fourth-order valence-electron chi connectivity index (χ4n) is 2.28. The highest BCUT2D eigenvalue weighted by atomic mass is 32.1. The predicted octanol–water partition coefficient (Wildman–Crippen LogP) is 3.00. The van der Waals surface area contributed by atoms with Crippen LogP contribution in [0.1, 0.15) is 12.0 Å². The minimum Gasteiger partial charge on any atom is -0.370 e. The van der Waals surface area contributed by atoms with Crippen molar-refractivity contribution in [3.05, 3.63) is 34.6 Å². The monoisotopic (exact) mass is 388 g/mol. The van der Waals surface area contributed by atoms with E-state index in [0.717, 1.165) is 11.1 Å². The zero-order valence-electron chi connectivity index (χ0n) is 14.1. The summed E-state index contributed by atoms with van der Waals surface area (Å²) < 4.78 is 42.3. The van der Waals surface area contributed by atoms with Crippen LogP contribution in [0.15, 0.2) is 24.3 Å². The van der Waals surface area contributed by atoms with Gasteiger partial charge in [-0.05, 0) is 25.2 Å². The Bertz CT molecular complexity index is 801. The SMILES string of the molecule is Cc1cccc(-c2n[nH]c(=S)n2CCC(=O)NCCOCC(F)(F)F)c1. The highest BCUT2D eigenvalue weighted by Crippen LogP contribution is 2.18. The molecule has 6 nitrogen and oxygen atoms in total. The zero-order valence-corrected chi connectivity index (χ0v) is 14.9. The molecule has 0 bridgehead atoms. The predicted molar refractivity (Wildman–Crippen MR) is 92.1 cm³/mol. The number of H-pyrrole nitrogens is 1. The number of alkyl halides is 3. The van der Waals surface area contributed by atoms with Crippen LogP contribution < -0.4 is 5.32 Å². The first-order valence-corrected chi connectivity index (χ1v) is 8.30. The van der Waals surface area contributed by atoms with Gasteiger partial charge in [0.15, 0.2) is 10.6 Å². The van der Waals surface area contributed by atoms with Crippen molar-refractivity contribution in [2.45, 2.75) is 26.1 Å². The average molecular weight is 388 g/mol. The van der Waals surface area contributed by atoms with Gasteiger partial charge in [0.25, 0.3) is 0 Å². The largest absolute Gasteiger partial charge is 0.411 e. The Morgan fingerprint density at radius 1 is 1.42 bits per heavy atom. The van der Waals surface area contributed by atoms with E-state index in [-0.39, 0.29) is 25.5 Å². The van der Waals surface area contributed by atoms with Crippen molar-refractivity contribution in [1.29, 1.82) is 0 Å². The summed E-state index contributed by atoms with van der Waals surface area (Å²) in [5.74, 6) is 0.318. The first kappa shape index (κ1) is 20.1. The topological polar surface area (TPSA) is 71.9 Å². The van der Waals surface area contributed by atoms with Gasteiger partial charge in [0.1, 0.15) is 6.61 Å². The van der Waals surface area contributed by atoms with Crippen molar-refractivity contribution >= 4 is 18.1 Å². The Morgan fingerprint density at radius 2 is 2.19 bits per heavy atom. The van der Waals surface area contributed by atoms with Crippen molar-refractivity contribution in [2.24, 2.45) is 0 Å². The van der Waals surface area contributed by atoms with Gasteiger partial charge in [-0.1, -0.05) is 23.8 Å².